The van der Waals surface area contributed by atoms with Crippen molar-refractivity contribution in [1.29, 1.82) is 0 Å². The highest BCUT2D eigenvalue weighted by atomic mass is 16.2. The molecule has 0 aromatic carbocycles. The smallest absolute Gasteiger partial charge is 0.231 e. The number of nitrogens with zero attached hydrogens (tertiary/aromatic N) is 5. The maximum atomic E-state index is 13.6. The number of carbonyl (C=O) groups is 1. The Kier molecular flexibility index (Phi) is 5.31. The predicted molar refractivity (Wildman–Crippen MR) is 129 cm³/mol. The van der Waals surface area contributed by atoms with Gasteiger partial charge in [-0.3, -0.25) is 14.9 Å². The molecular formula is C26H31N7O. The summed E-state index contributed by atoms with van der Waals surface area (Å²) in [5, 5.41) is 10.9. The topological polar surface area (TPSA) is 99.7 Å². The first-order valence-corrected chi connectivity index (χ1v) is 12.4. The fraction of sp³-hybridized carbons (Fsp3) is 0.500. The van der Waals surface area contributed by atoms with Crippen molar-refractivity contribution in [2.24, 2.45) is 11.3 Å². The second-order valence-corrected chi connectivity index (χ2v) is 10.2. The van der Waals surface area contributed by atoms with Crippen molar-refractivity contribution in [2.75, 3.05) is 25.0 Å². The van der Waals surface area contributed by atoms with Crippen LogP contribution in [-0.4, -0.2) is 55.6 Å². The molecule has 1 spiro atoms. The number of H-pyrrole nitrogens is 1. The number of rotatable bonds is 5. The average Bonchev–Trinajstić information content (AvgIpc) is 3.47. The van der Waals surface area contributed by atoms with Crippen LogP contribution in [-0.2, 0) is 11.2 Å². The van der Waals surface area contributed by atoms with E-state index < -0.39 is 0 Å². The number of aromatic amines is 1. The summed E-state index contributed by atoms with van der Waals surface area (Å²) < 4.78 is 0. The summed E-state index contributed by atoms with van der Waals surface area (Å²) in [6.45, 7) is 4.49. The Morgan fingerprint density at radius 3 is 2.97 bits per heavy atom. The first-order valence-electron chi connectivity index (χ1n) is 12.4. The lowest BCUT2D eigenvalue weighted by Gasteiger charge is -2.43. The lowest BCUT2D eigenvalue weighted by atomic mass is 9.63. The van der Waals surface area contributed by atoms with E-state index in [1.807, 2.05) is 31.3 Å². The molecule has 176 valence electrons. The fourth-order valence-electron chi connectivity index (χ4n) is 6.12. The van der Waals surface area contributed by atoms with Crippen molar-refractivity contribution in [1.82, 2.24) is 30.0 Å². The Hall–Kier alpha value is -3.29. The number of hydrogen-bond acceptors (Lipinski definition) is 6. The van der Waals surface area contributed by atoms with Gasteiger partial charge < -0.3 is 10.2 Å². The van der Waals surface area contributed by atoms with Gasteiger partial charge in [-0.2, -0.15) is 5.10 Å². The summed E-state index contributed by atoms with van der Waals surface area (Å²) in [6, 6.07) is 5.87. The molecule has 8 heteroatoms. The minimum atomic E-state index is -0.0679. The van der Waals surface area contributed by atoms with Crippen molar-refractivity contribution >= 4 is 11.7 Å². The van der Waals surface area contributed by atoms with Gasteiger partial charge in [0.05, 0.1) is 17.8 Å². The van der Waals surface area contributed by atoms with E-state index in [0.717, 1.165) is 61.7 Å². The third kappa shape index (κ3) is 3.75. The third-order valence-corrected chi connectivity index (χ3v) is 8.11. The van der Waals surface area contributed by atoms with Gasteiger partial charge >= 0.3 is 0 Å². The molecule has 0 bridgehead atoms. The zero-order valence-electron chi connectivity index (χ0n) is 19.6. The van der Waals surface area contributed by atoms with Gasteiger partial charge in [-0.1, -0.05) is 6.42 Å². The second-order valence-electron chi connectivity index (χ2n) is 10.2. The van der Waals surface area contributed by atoms with Crippen LogP contribution >= 0.6 is 0 Å². The molecule has 3 aromatic rings. The van der Waals surface area contributed by atoms with E-state index in [2.05, 4.69) is 30.4 Å². The lowest BCUT2D eigenvalue weighted by Crippen LogP contribution is -2.41. The Balaban J connectivity index is 1.17. The summed E-state index contributed by atoms with van der Waals surface area (Å²) in [5.74, 6) is 2.15. The molecule has 0 radical (unpaired) electrons. The number of hydrogen-bond donors (Lipinski definition) is 2. The number of amides is 1. The van der Waals surface area contributed by atoms with Gasteiger partial charge in [0.1, 0.15) is 5.82 Å². The van der Waals surface area contributed by atoms with E-state index in [0.29, 0.717) is 11.7 Å². The molecule has 2 N–H and O–H groups in total. The first-order chi connectivity index (χ1) is 16.6. The van der Waals surface area contributed by atoms with E-state index in [-0.39, 0.29) is 17.2 Å². The van der Waals surface area contributed by atoms with Crippen LogP contribution < -0.4 is 5.32 Å². The van der Waals surface area contributed by atoms with Crippen molar-refractivity contribution in [3.8, 4) is 11.4 Å². The number of nitrogens with one attached hydrogen (secondary N) is 2. The monoisotopic (exact) mass is 457 g/mol. The molecule has 1 amide bonds. The number of aromatic nitrogens is 5. The molecule has 8 nitrogen and oxygen atoms in total. The van der Waals surface area contributed by atoms with Crippen LogP contribution in [0.3, 0.4) is 0 Å². The van der Waals surface area contributed by atoms with Crippen molar-refractivity contribution in [2.45, 2.75) is 51.4 Å². The number of anilines is 1. The Labute approximate surface area is 199 Å². The average molecular weight is 458 g/mol. The molecule has 2 aliphatic carbocycles. The molecule has 2 fully saturated rings. The summed E-state index contributed by atoms with van der Waals surface area (Å²) in [7, 11) is 0. The Morgan fingerprint density at radius 2 is 2.18 bits per heavy atom. The molecule has 2 unspecified atom stereocenters. The van der Waals surface area contributed by atoms with Crippen LogP contribution in [0.5, 0.6) is 0 Å². The number of likely N-dealkylation sites (tertiary alicyclic amines) is 1. The highest BCUT2D eigenvalue weighted by Crippen LogP contribution is 2.52. The fourth-order valence-corrected chi connectivity index (χ4v) is 6.12. The molecule has 3 aliphatic rings. The Morgan fingerprint density at radius 1 is 1.26 bits per heavy atom. The van der Waals surface area contributed by atoms with E-state index >= 15 is 0 Å². The predicted octanol–water partition coefficient (Wildman–Crippen LogP) is 3.73. The summed E-state index contributed by atoms with van der Waals surface area (Å²) in [6.07, 6.45) is 12.1. The molecular weight excluding hydrogens is 426 g/mol. The maximum Gasteiger partial charge on any atom is 0.231 e. The van der Waals surface area contributed by atoms with E-state index in [1.165, 1.54) is 24.8 Å². The molecule has 34 heavy (non-hydrogen) atoms. The van der Waals surface area contributed by atoms with E-state index in [4.69, 9.17) is 4.98 Å². The maximum absolute atomic E-state index is 13.6. The van der Waals surface area contributed by atoms with Gasteiger partial charge in [0, 0.05) is 55.3 Å². The van der Waals surface area contributed by atoms with Crippen molar-refractivity contribution < 1.29 is 4.79 Å². The highest BCUT2D eigenvalue weighted by molar-refractivity contribution is 5.84. The number of aryl methyl sites for hydroxylation is 2. The van der Waals surface area contributed by atoms with Crippen LogP contribution in [0.2, 0.25) is 0 Å². The molecule has 3 aromatic heterocycles. The summed E-state index contributed by atoms with van der Waals surface area (Å²) in [5.41, 5.74) is 4.32. The van der Waals surface area contributed by atoms with Gasteiger partial charge in [-0.15, -0.1) is 0 Å². The largest absolute Gasteiger partial charge is 0.370 e. The van der Waals surface area contributed by atoms with Crippen LogP contribution in [0.4, 0.5) is 5.82 Å². The second kappa shape index (κ2) is 8.49. The molecule has 4 heterocycles. The van der Waals surface area contributed by atoms with Crippen LogP contribution in [0, 0.1) is 18.3 Å². The zero-order chi connectivity index (χ0) is 23.1. The molecule has 1 aliphatic heterocycles. The van der Waals surface area contributed by atoms with Gasteiger partial charge in [-0.25, -0.2) is 9.97 Å². The van der Waals surface area contributed by atoms with Gasteiger partial charge in [-0.05, 0) is 62.1 Å². The first kappa shape index (κ1) is 21.3. The number of carbonyl (C=O) groups excluding carboxylic acids is 1. The Bertz CT molecular complexity index is 1190. The van der Waals surface area contributed by atoms with Crippen LogP contribution in [0.15, 0.2) is 36.8 Å². The minimum Gasteiger partial charge on any atom is -0.370 e. The lowest BCUT2D eigenvalue weighted by molar-refractivity contribution is -0.132. The standard InChI is InChI=1S/C26H31N7O/c1-17-11-22(31-24(30-17)19-6-3-10-27-12-19)28-14-20-15-33(16-26(20)8-4-9-26)25(34)21-7-2-5-18-13-29-32-23(18)21/h3,6,10-13,20-21H,2,4-5,7-9,14-16H2,1H3,(H,29,32)(H,28,30,31). The summed E-state index contributed by atoms with van der Waals surface area (Å²) >= 11 is 0. The van der Waals surface area contributed by atoms with Crippen LogP contribution in [0.25, 0.3) is 11.4 Å². The third-order valence-electron chi connectivity index (χ3n) is 8.11. The quantitative estimate of drug-likeness (QED) is 0.606. The van der Waals surface area contributed by atoms with E-state index in [1.54, 1.807) is 12.4 Å². The molecule has 6 rings (SSSR count). The number of pyridine rings is 1. The summed E-state index contributed by atoms with van der Waals surface area (Å²) in [4.78, 5) is 29.3. The minimum absolute atomic E-state index is 0.0679. The normalized spacial score (nSPS) is 22.9. The highest BCUT2D eigenvalue weighted by Gasteiger charge is 2.52. The van der Waals surface area contributed by atoms with Crippen molar-refractivity contribution in [3.63, 3.8) is 0 Å². The van der Waals surface area contributed by atoms with Gasteiger partial charge in [0.15, 0.2) is 5.82 Å². The SMILES string of the molecule is Cc1cc(NCC2CN(C(=O)C3CCCc4cn[nH]c43)CC23CCC3)nc(-c2cccnc2)n1. The van der Waals surface area contributed by atoms with E-state index in [9.17, 15) is 4.79 Å². The molecule has 2 atom stereocenters. The van der Waals surface area contributed by atoms with Gasteiger partial charge in [0.25, 0.3) is 0 Å². The van der Waals surface area contributed by atoms with Crippen molar-refractivity contribution in [3.05, 3.63) is 53.7 Å². The molecule has 1 saturated carbocycles. The zero-order valence-corrected chi connectivity index (χ0v) is 19.6. The van der Waals surface area contributed by atoms with Crippen LogP contribution in [0.1, 0.15) is 55.0 Å². The number of fused-ring (bicyclic) bond motifs is 1. The van der Waals surface area contributed by atoms with Gasteiger partial charge in [0.2, 0.25) is 5.91 Å². The molecule has 1 saturated heterocycles.